The highest BCUT2D eigenvalue weighted by molar-refractivity contribution is 9.10. The smallest absolute Gasteiger partial charge is 0.321 e. The summed E-state index contributed by atoms with van der Waals surface area (Å²) in [4.78, 5) is 16.6. The highest BCUT2D eigenvalue weighted by atomic mass is 79.9. The summed E-state index contributed by atoms with van der Waals surface area (Å²) in [5, 5.41) is 2.95. The van der Waals surface area contributed by atoms with Gasteiger partial charge in [-0.1, -0.05) is 22.0 Å². The molecule has 2 aliphatic heterocycles. The Labute approximate surface area is 139 Å². The minimum Gasteiger partial charge on any atom is -0.377 e. The molecule has 3 rings (SSSR count). The van der Waals surface area contributed by atoms with Gasteiger partial charge < -0.3 is 15.0 Å². The summed E-state index contributed by atoms with van der Waals surface area (Å²) in [5.41, 5.74) is 0.821. The highest BCUT2D eigenvalue weighted by Gasteiger charge is 2.24. The maximum atomic E-state index is 12.3. The molecular weight excluding hydrogens is 346 g/mol. The van der Waals surface area contributed by atoms with Crippen LogP contribution in [-0.4, -0.2) is 61.3 Å². The largest absolute Gasteiger partial charge is 0.377 e. The summed E-state index contributed by atoms with van der Waals surface area (Å²) in [5.74, 6) is 0. The fourth-order valence-corrected chi connectivity index (χ4v) is 3.38. The molecule has 2 saturated heterocycles. The number of rotatable bonds is 3. The number of nitrogens with zero attached hydrogens (tertiary/aromatic N) is 2. The molecule has 22 heavy (non-hydrogen) atoms. The molecule has 0 bridgehead atoms. The molecule has 6 heteroatoms. The van der Waals surface area contributed by atoms with Gasteiger partial charge in [-0.3, -0.25) is 4.90 Å². The second-order valence-electron chi connectivity index (χ2n) is 5.86. The predicted octanol–water partition coefficient (Wildman–Crippen LogP) is 2.78. The van der Waals surface area contributed by atoms with Crippen molar-refractivity contribution < 1.29 is 9.53 Å². The first-order valence-electron chi connectivity index (χ1n) is 7.86. The van der Waals surface area contributed by atoms with E-state index in [-0.39, 0.29) is 6.03 Å². The lowest BCUT2D eigenvalue weighted by molar-refractivity contribution is 0.0572. The van der Waals surface area contributed by atoms with E-state index in [1.54, 1.807) is 0 Å². The molecule has 1 N–H and O–H groups in total. The number of ether oxygens (including phenoxy) is 1. The standard InChI is InChI=1S/C16H22BrN3O2/c17-13-3-1-4-14(11-13)18-16(21)20-8-6-19(7-9-20)12-15-5-2-10-22-15/h1,3-4,11,15H,2,5-10,12H2,(H,18,21). The van der Waals surface area contributed by atoms with Crippen molar-refractivity contribution >= 4 is 27.6 Å². The Hall–Kier alpha value is -1.11. The lowest BCUT2D eigenvalue weighted by Gasteiger charge is -2.35. The van der Waals surface area contributed by atoms with E-state index >= 15 is 0 Å². The summed E-state index contributed by atoms with van der Waals surface area (Å²) in [6.45, 7) is 5.29. The highest BCUT2D eigenvalue weighted by Crippen LogP contribution is 2.17. The van der Waals surface area contributed by atoms with E-state index in [9.17, 15) is 4.79 Å². The predicted molar refractivity (Wildman–Crippen MR) is 90.1 cm³/mol. The van der Waals surface area contributed by atoms with Crippen molar-refractivity contribution in [2.24, 2.45) is 0 Å². The fourth-order valence-electron chi connectivity index (χ4n) is 2.98. The van der Waals surface area contributed by atoms with Crippen LogP contribution in [0.4, 0.5) is 10.5 Å². The summed E-state index contributed by atoms with van der Waals surface area (Å²) >= 11 is 3.41. The van der Waals surface area contributed by atoms with Crippen molar-refractivity contribution in [3.8, 4) is 0 Å². The van der Waals surface area contributed by atoms with Crippen molar-refractivity contribution in [3.63, 3.8) is 0 Å². The minimum atomic E-state index is -0.0186. The van der Waals surface area contributed by atoms with Gasteiger partial charge in [0.1, 0.15) is 0 Å². The lowest BCUT2D eigenvalue weighted by atomic mass is 10.2. The van der Waals surface area contributed by atoms with Gasteiger partial charge >= 0.3 is 6.03 Å². The van der Waals surface area contributed by atoms with Gasteiger partial charge in [0.25, 0.3) is 0 Å². The Balaban J connectivity index is 1.45. The number of carbonyl (C=O) groups excluding carboxylic acids is 1. The van der Waals surface area contributed by atoms with Crippen LogP contribution in [0.3, 0.4) is 0 Å². The maximum absolute atomic E-state index is 12.3. The monoisotopic (exact) mass is 367 g/mol. The van der Waals surface area contributed by atoms with Gasteiger partial charge in [0, 0.05) is 49.5 Å². The molecule has 1 aromatic rings. The molecule has 2 heterocycles. The molecule has 1 unspecified atom stereocenters. The zero-order valence-electron chi connectivity index (χ0n) is 12.6. The molecule has 2 amide bonds. The number of carbonyl (C=O) groups is 1. The van der Waals surface area contributed by atoms with Crippen LogP contribution in [0.15, 0.2) is 28.7 Å². The fraction of sp³-hybridized carbons (Fsp3) is 0.562. The molecule has 0 radical (unpaired) electrons. The quantitative estimate of drug-likeness (QED) is 0.893. The van der Waals surface area contributed by atoms with Gasteiger partial charge in [-0.2, -0.15) is 0 Å². The van der Waals surface area contributed by atoms with Gasteiger partial charge in [0.15, 0.2) is 0 Å². The summed E-state index contributed by atoms with van der Waals surface area (Å²) in [6.07, 6.45) is 2.74. The van der Waals surface area contributed by atoms with E-state index in [4.69, 9.17) is 4.74 Å². The Morgan fingerprint density at radius 1 is 1.32 bits per heavy atom. The molecule has 2 aliphatic rings. The van der Waals surface area contributed by atoms with Gasteiger partial charge in [-0.25, -0.2) is 4.79 Å². The molecular formula is C16H22BrN3O2. The van der Waals surface area contributed by atoms with Crippen LogP contribution in [0.25, 0.3) is 0 Å². The normalized spacial score (nSPS) is 22.8. The van der Waals surface area contributed by atoms with Crippen molar-refractivity contribution in [2.75, 3.05) is 44.6 Å². The van der Waals surface area contributed by atoms with Crippen LogP contribution in [0, 0.1) is 0 Å². The van der Waals surface area contributed by atoms with Crippen molar-refractivity contribution in [1.29, 1.82) is 0 Å². The van der Waals surface area contributed by atoms with Crippen LogP contribution in [0.5, 0.6) is 0 Å². The third-order valence-corrected chi connectivity index (χ3v) is 4.71. The molecule has 5 nitrogen and oxygen atoms in total. The van der Waals surface area contributed by atoms with Crippen molar-refractivity contribution in [1.82, 2.24) is 9.80 Å². The Morgan fingerprint density at radius 3 is 2.82 bits per heavy atom. The maximum Gasteiger partial charge on any atom is 0.321 e. The summed E-state index contributed by atoms with van der Waals surface area (Å²) in [6, 6.07) is 7.65. The average Bonchev–Trinajstić information content (AvgIpc) is 3.01. The molecule has 1 atom stereocenters. The molecule has 120 valence electrons. The minimum absolute atomic E-state index is 0.0186. The van der Waals surface area contributed by atoms with Crippen LogP contribution in [0.1, 0.15) is 12.8 Å². The molecule has 0 aliphatic carbocycles. The first-order chi connectivity index (χ1) is 10.7. The third kappa shape index (κ3) is 4.21. The third-order valence-electron chi connectivity index (χ3n) is 4.22. The van der Waals surface area contributed by atoms with E-state index in [0.29, 0.717) is 6.10 Å². The molecule has 0 spiro atoms. The zero-order chi connectivity index (χ0) is 15.4. The Morgan fingerprint density at radius 2 is 2.14 bits per heavy atom. The summed E-state index contributed by atoms with van der Waals surface area (Å²) in [7, 11) is 0. The number of nitrogens with one attached hydrogen (secondary N) is 1. The SMILES string of the molecule is O=C(Nc1cccc(Br)c1)N1CCN(CC2CCCO2)CC1. The van der Waals surface area contributed by atoms with E-state index in [2.05, 4.69) is 26.1 Å². The van der Waals surface area contributed by atoms with Crippen LogP contribution < -0.4 is 5.32 Å². The zero-order valence-corrected chi connectivity index (χ0v) is 14.2. The first-order valence-corrected chi connectivity index (χ1v) is 8.65. The van der Waals surface area contributed by atoms with Crippen LogP contribution >= 0.6 is 15.9 Å². The number of halogens is 1. The molecule has 2 fully saturated rings. The van der Waals surface area contributed by atoms with E-state index in [0.717, 1.165) is 49.5 Å². The second kappa shape index (κ2) is 7.44. The lowest BCUT2D eigenvalue weighted by Crippen LogP contribution is -2.51. The van der Waals surface area contributed by atoms with E-state index in [1.165, 1.54) is 12.8 Å². The number of amides is 2. The van der Waals surface area contributed by atoms with Crippen molar-refractivity contribution in [3.05, 3.63) is 28.7 Å². The Kier molecular flexibility index (Phi) is 5.33. The number of hydrogen-bond donors (Lipinski definition) is 1. The van der Waals surface area contributed by atoms with E-state index < -0.39 is 0 Å². The first kappa shape index (κ1) is 15.8. The second-order valence-corrected chi connectivity index (χ2v) is 6.78. The van der Waals surface area contributed by atoms with Crippen LogP contribution in [0.2, 0.25) is 0 Å². The number of hydrogen-bond acceptors (Lipinski definition) is 3. The number of anilines is 1. The number of urea groups is 1. The Bertz CT molecular complexity index is 512. The molecule has 0 saturated carbocycles. The van der Waals surface area contributed by atoms with Crippen LogP contribution in [-0.2, 0) is 4.74 Å². The number of benzene rings is 1. The summed E-state index contributed by atoms with van der Waals surface area (Å²) < 4.78 is 6.65. The van der Waals surface area contributed by atoms with Gasteiger partial charge in [0.2, 0.25) is 0 Å². The number of piperazine rings is 1. The van der Waals surface area contributed by atoms with Gasteiger partial charge in [-0.05, 0) is 31.0 Å². The molecule has 0 aromatic heterocycles. The molecule has 1 aromatic carbocycles. The van der Waals surface area contributed by atoms with Gasteiger partial charge in [-0.15, -0.1) is 0 Å². The van der Waals surface area contributed by atoms with Crippen molar-refractivity contribution in [2.45, 2.75) is 18.9 Å². The van der Waals surface area contributed by atoms with E-state index in [1.807, 2.05) is 29.2 Å². The van der Waals surface area contributed by atoms with Gasteiger partial charge in [0.05, 0.1) is 6.10 Å². The topological polar surface area (TPSA) is 44.8 Å². The average molecular weight is 368 g/mol.